The Balaban J connectivity index is -0.0000000326. The summed E-state index contributed by atoms with van der Waals surface area (Å²) in [6.45, 7) is 3.89. The molecule has 0 atom stereocenters. The molecule has 0 saturated heterocycles. The van der Waals surface area contributed by atoms with Gasteiger partial charge in [0, 0.05) is 23.9 Å². The third-order valence-corrected chi connectivity index (χ3v) is 0.243. The van der Waals surface area contributed by atoms with E-state index in [4.69, 9.17) is 49.5 Å². The van der Waals surface area contributed by atoms with E-state index in [-0.39, 0.29) is 34.1 Å². The van der Waals surface area contributed by atoms with Gasteiger partial charge in [0.05, 0.1) is 0 Å². The van der Waals surface area contributed by atoms with E-state index in [1.807, 2.05) is 0 Å². The first kappa shape index (κ1) is 43.6. The van der Waals surface area contributed by atoms with Crippen molar-refractivity contribution in [3.8, 4) is 0 Å². The van der Waals surface area contributed by atoms with Gasteiger partial charge in [0.25, 0.3) is 0 Å². The molecule has 0 aromatic rings. The van der Waals surface area contributed by atoms with Gasteiger partial charge in [-0.15, -0.1) is 0 Å². The van der Waals surface area contributed by atoms with Crippen molar-refractivity contribution in [2.24, 2.45) is 0 Å². The summed E-state index contributed by atoms with van der Waals surface area (Å²) >= 11 is 0. The summed E-state index contributed by atoms with van der Waals surface area (Å²) in [6.07, 6.45) is -5.08. The van der Waals surface area contributed by atoms with Crippen LogP contribution in [0, 0.1) is 0 Å². The van der Waals surface area contributed by atoms with Crippen molar-refractivity contribution in [2.45, 2.75) is 33.9 Å². The Morgan fingerprint density at radius 2 is 0.680 bits per heavy atom. The van der Waals surface area contributed by atoms with Crippen LogP contribution in [0.3, 0.4) is 0 Å². The first-order valence-electron chi connectivity index (χ1n) is 4.88. The Morgan fingerprint density at radius 3 is 0.680 bits per heavy atom. The van der Waals surface area contributed by atoms with Crippen molar-refractivity contribution in [3.63, 3.8) is 0 Å². The Hall–Kier alpha value is -1.82. The Morgan fingerprint density at radius 1 is 0.640 bits per heavy atom. The van der Waals surface area contributed by atoms with Gasteiger partial charge in [-0.25, -0.2) is 4.79 Å². The van der Waals surface area contributed by atoms with Gasteiger partial charge < -0.3 is 44.7 Å². The number of carbonyl (C=O) groups excluding carboxylic acids is 4. The van der Waals surface area contributed by atoms with E-state index in [9.17, 15) is 13.2 Å². The molecule has 0 unspecified atom stereocenters. The van der Waals surface area contributed by atoms with E-state index >= 15 is 0 Å². The quantitative estimate of drug-likeness (QED) is 0.333. The molecule has 2 radical (unpaired) electrons. The van der Waals surface area contributed by atoms with Crippen LogP contribution in [0.4, 0.5) is 13.2 Å². The maximum atomic E-state index is 10.6. The average molecular weight is 477 g/mol. The predicted molar refractivity (Wildman–Crippen MR) is 56.4 cm³/mol. The van der Waals surface area contributed by atoms with Gasteiger partial charge >= 0.3 is 46.3 Å². The Bertz CT molecular complexity index is 322. The molecule has 1 N–H and O–H groups in total. The van der Waals surface area contributed by atoms with E-state index in [1.165, 1.54) is 0 Å². The molecule has 0 aromatic heterocycles. The second-order valence-electron chi connectivity index (χ2n) is 2.77. The van der Waals surface area contributed by atoms with Gasteiger partial charge in [-0.1, -0.05) is 0 Å². The second-order valence-corrected chi connectivity index (χ2v) is 2.77. The van der Waals surface area contributed by atoms with Gasteiger partial charge in [-0.2, -0.15) is 13.2 Å². The zero-order valence-corrected chi connectivity index (χ0v) is 14.7. The third-order valence-electron chi connectivity index (χ3n) is 0.243. The first-order valence-corrected chi connectivity index (χ1v) is 4.88. The van der Waals surface area contributed by atoms with E-state index < -0.39 is 36.0 Å². The molecule has 15 heteroatoms. The number of aliphatic carboxylic acids is 5. The summed E-state index contributed by atoms with van der Waals surface area (Å²) in [5.41, 5.74) is 0. The van der Waals surface area contributed by atoms with Gasteiger partial charge in [0.1, 0.15) is 0 Å². The van der Waals surface area contributed by atoms with Crippen LogP contribution < -0.4 is 20.4 Å². The third kappa shape index (κ3) is 517. The fourth-order valence-corrected chi connectivity index (χ4v) is 0. The zero-order valence-electron chi connectivity index (χ0n) is 12.9. The Labute approximate surface area is 161 Å². The van der Waals surface area contributed by atoms with Gasteiger partial charge in [0.15, 0.2) is 0 Å². The molecule has 0 bridgehead atoms. The number of carbonyl (C=O) groups is 5. The van der Waals surface area contributed by atoms with E-state index in [0.717, 1.165) is 27.7 Å². The Kier molecular flexibility index (Phi) is 47.1. The first-order chi connectivity index (χ1) is 9.87. The van der Waals surface area contributed by atoms with Crippen LogP contribution >= 0.6 is 0 Å². The van der Waals surface area contributed by atoms with E-state index in [1.54, 1.807) is 0 Å². The van der Waals surface area contributed by atoms with Crippen LogP contribution in [0.2, 0.25) is 0 Å². The fourth-order valence-electron chi connectivity index (χ4n) is 0. The molecule has 0 spiro atoms. The van der Waals surface area contributed by atoms with Gasteiger partial charge in [-0.3, -0.25) is 0 Å². The maximum Gasteiger partial charge on any atom is 2.00 e. The molecular formula is C10H13Cu2F3O10. The number of rotatable bonds is 0. The van der Waals surface area contributed by atoms with Crippen molar-refractivity contribution in [1.29, 1.82) is 0 Å². The molecule has 0 saturated carbocycles. The second kappa shape index (κ2) is 27.0. The molecular weight excluding hydrogens is 464 g/mol. The molecule has 0 heterocycles. The monoisotopic (exact) mass is 476 g/mol. The van der Waals surface area contributed by atoms with E-state index in [2.05, 4.69) is 0 Å². The standard InChI is InChI=1S/C2HF3O2.4C2H4O2.2Cu/c3-2(4,5)1(6)7;4*1-2(3)4;;/h(H,6,7);4*1H3,(H,3,4);;/q;;;;;2*+2/p-4. The summed E-state index contributed by atoms with van der Waals surface area (Å²) in [7, 11) is 0. The molecule has 0 aliphatic carbocycles. The number of hydrogen-bond acceptors (Lipinski definition) is 9. The fraction of sp³-hybridized carbons (Fsp3) is 0.500. The zero-order chi connectivity index (χ0) is 20.4. The van der Waals surface area contributed by atoms with Gasteiger partial charge in [-0.05, 0) is 27.7 Å². The van der Waals surface area contributed by atoms with Crippen molar-refractivity contribution in [3.05, 3.63) is 0 Å². The minimum atomic E-state index is -5.08. The molecule has 0 aromatic carbocycles. The van der Waals surface area contributed by atoms with Crippen LogP contribution in [0.5, 0.6) is 0 Å². The number of carboxylic acids is 5. The van der Waals surface area contributed by atoms with Crippen LogP contribution in [-0.4, -0.2) is 41.1 Å². The van der Waals surface area contributed by atoms with E-state index in [0.29, 0.717) is 0 Å². The minimum absolute atomic E-state index is 0. The van der Waals surface area contributed by atoms with Crippen molar-refractivity contribution in [2.75, 3.05) is 0 Å². The molecule has 0 fully saturated rings. The summed E-state index contributed by atoms with van der Waals surface area (Å²) in [4.78, 5) is 44.5. The number of carboxylic acid groups (broad SMARTS) is 5. The van der Waals surface area contributed by atoms with Crippen LogP contribution in [0.1, 0.15) is 27.7 Å². The number of halogens is 3. The van der Waals surface area contributed by atoms with Crippen molar-refractivity contribution in [1.82, 2.24) is 0 Å². The van der Waals surface area contributed by atoms with Crippen LogP contribution in [0.15, 0.2) is 0 Å². The van der Waals surface area contributed by atoms with Crippen molar-refractivity contribution >= 4 is 29.8 Å². The molecule has 0 aliphatic heterocycles. The largest absolute Gasteiger partial charge is 2.00 e. The summed E-state index contributed by atoms with van der Waals surface area (Å²) in [5, 5.41) is 42.7. The van der Waals surface area contributed by atoms with Crippen LogP contribution in [-0.2, 0) is 58.1 Å². The number of hydrogen-bond donors (Lipinski definition) is 1. The molecule has 0 amide bonds. The van der Waals surface area contributed by atoms with Crippen molar-refractivity contribution < 1.29 is 96.8 Å². The molecule has 0 aliphatic rings. The molecule has 10 nitrogen and oxygen atoms in total. The van der Waals surface area contributed by atoms with Gasteiger partial charge in [0.2, 0.25) is 0 Å². The minimum Gasteiger partial charge on any atom is -0.550 e. The molecule has 25 heavy (non-hydrogen) atoms. The van der Waals surface area contributed by atoms with Crippen LogP contribution in [0.25, 0.3) is 0 Å². The SMILES string of the molecule is CC(=O)[O-].CC(=O)[O-].CC(=O)[O-].CC(=O)[O-].O=C(O)C(F)(F)F.[Cu+2].[Cu+2]. The average Bonchev–Trinajstić information content (AvgIpc) is 2.10. The maximum absolute atomic E-state index is 10.6. The molecule has 156 valence electrons. The smallest absolute Gasteiger partial charge is 0.550 e. The normalized spacial score (nSPS) is 7.16. The predicted octanol–water partition coefficient (Wildman–Crippen LogP) is -4.35. The summed E-state index contributed by atoms with van der Waals surface area (Å²) < 4.78 is 31.7. The number of alkyl halides is 3. The molecule has 0 rings (SSSR count). The summed E-state index contributed by atoms with van der Waals surface area (Å²) in [6, 6.07) is 0. The topological polar surface area (TPSA) is 198 Å². The summed E-state index contributed by atoms with van der Waals surface area (Å²) in [5.74, 6) is -7.09.